The topological polar surface area (TPSA) is 47.6 Å². The van der Waals surface area contributed by atoms with Gasteiger partial charge >= 0.3 is 6.03 Å². The molecular weight excluding hydrogens is 336 g/mol. The number of hydrogen-bond acceptors (Lipinski definition) is 3. The highest BCUT2D eigenvalue weighted by Gasteiger charge is 2.13. The molecule has 1 fully saturated rings. The Balaban J connectivity index is 1.48. The minimum atomic E-state index is -0.231. The lowest BCUT2D eigenvalue weighted by Crippen LogP contribution is -2.44. The van der Waals surface area contributed by atoms with Crippen molar-refractivity contribution in [1.82, 2.24) is 10.2 Å². The van der Waals surface area contributed by atoms with Crippen LogP contribution in [-0.2, 0) is 6.54 Å². The number of anilines is 2. The SMILES string of the molecule is CN1CCN(c2ccc(CNC(=O)Nc3ccc(Cl)cc3)cc2)CC1. The molecule has 2 aromatic rings. The van der Waals surface area contributed by atoms with Crippen molar-refractivity contribution in [2.24, 2.45) is 0 Å². The van der Waals surface area contributed by atoms with Gasteiger partial charge in [-0.2, -0.15) is 0 Å². The van der Waals surface area contributed by atoms with E-state index >= 15 is 0 Å². The number of nitrogens with one attached hydrogen (secondary N) is 2. The summed E-state index contributed by atoms with van der Waals surface area (Å²) in [7, 11) is 2.15. The van der Waals surface area contributed by atoms with E-state index in [0.717, 1.165) is 31.7 Å². The van der Waals surface area contributed by atoms with Crippen LogP contribution in [0.3, 0.4) is 0 Å². The van der Waals surface area contributed by atoms with Gasteiger partial charge in [0.2, 0.25) is 0 Å². The van der Waals surface area contributed by atoms with Crippen LogP contribution in [0.15, 0.2) is 48.5 Å². The molecule has 0 unspecified atom stereocenters. The van der Waals surface area contributed by atoms with Crippen molar-refractivity contribution in [2.75, 3.05) is 43.4 Å². The van der Waals surface area contributed by atoms with Gasteiger partial charge in [-0.05, 0) is 49.0 Å². The maximum atomic E-state index is 11.9. The second kappa shape index (κ2) is 8.23. The van der Waals surface area contributed by atoms with Crippen molar-refractivity contribution in [2.45, 2.75) is 6.54 Å². The normalized spacial score (nSPS) is 15.0. The van der Waals surface area contributed by atoms with Crippen LogP contribution in [0.25, 0.3) is 0 Å². The van der Waals surface area contributed by atoms with Crippen LogP contribution in [-0.4, -0.2) is 44.2 Å². The Bertz CT molecular complexity index is 694. The van der Waals surface area contributed by atoms with Gasteiger partial charge in [-0.15, -0.1) is 0 Å². The lowest BCUT2D eigenvalue weighted by molar-refractivity contribution is 0.251. The van der Waals surface area contributed by atoms with E-state index < -0.39 is 0 Å². The summed E-state index contributed by atoms with van der Waals surface area (Å²) in [4.78, 5) is 16.7. The number of likely N-dealkylation sites (N-methyl/N-ethyl adjacent to an activating group) is 1. The van der Waals surface area contributed by atoms with Crippen molar-refractivity contribution >= 4 is 29.0 Å². The number of piperazine rings is 1. The third-order valence-corrected chi connectivity index (χ3v) is 4.61. The summed E-state index contributed by atoms with van der Waals surface area (Å²) in [6.07, 6.45) is 0. The molecule has 6 heteroatoms. The number of urea groups is 1. The molecule has 0 saturated carbocycles. The van der Waals surface area contributed by atoms with Gasteiger partial charge in [0, 0.05) is 49.1 Å². The largest absolute Gasteiger partial charge is 0.369 e. The fourth-order valence-corrected chi connectivity index (χ4v) is 2.91. The van der Waals surface area contributed by atoms with Crippen LogP contribution in [0.2, 0.25) is 5.02 Å². The molecule has 0 atom stereocenters. The van der Waals surface area contributed by atoms with E-state index in [1.807, 2.05) is 0 Å². The zero-order chi connectivity index (χ0) is 17.6. The predicted octanol–water partition coefficient (Wildman–Crippen LogP) is 3.41. The Labute approximate surface area is 153 Å². The second-order valence-electron chi connectivity index (χ2n) is 6.27. The van der Waals surface area contributed by atoms with Crippen LogP contribution in [0.4, 0.5) is 16.2 Å². The van der Waals surface area contributed by atoms with Gasteiger partial charge in [0.25, 0.3) is 0 Å². The first kappa shape index (κ1) is 17.6. The van der Waals surface area contributed by atoms with E-state index in [9.17, 15) is 4.79 Å². The predicted molar refractivity (Wildman–Crippen MR) is 103 cm³/mol. The standard InChI is InChI=1S/C19H23ClN4O/c1-23-10-12-24(13-11-23)18-8-2-15(3-9-18)14-21-19(25)22-17-6-4-16(20)5-7-17/h2-9H,10-14H2,1H3,(H2,21,22,25). The van der Waals surface area contributed by atoms with Crippen LogP contribution in [0.1, 0.15) is 5.56 Å². The van der Waals surface area contributed by atoms with Crippen molar-refractivity contribution in [3.05, 3.63) is 59.1 Å². The number of amides is 2. The quantitative estimate of drug-likeness (QED) is 0.880. The van der Waals surface area contributed by atoms with Gasteiger partial charge in [-0.3, -0.25) is 0 Å². The fraction of sp³-hybridized carbons (Fsp3) is 0.316. The minimum Gasteiger partial charge on any atom is -0.369 e. The van der Waals surface area contributed by atoms with Gasteiger partial charge in [0.15, 0.2) is 0 Å². The Morgan fingerprint density at radius 1 is 1.00 bits per heavy atom. The average molecular weight is 359 g/mol. The maximum Gasteiger partial charge on any atom is 0.319 e. The summed E-state index contributed by atoms with van der Waals surface area (Å²) in [6.45, 7) is 4.78. The Kier molecular flexibility index (Phi) is 5.79. The second-order valence-corrected chi connectivity index (χ2v) is 6.71. The summed E-state index contributed by atoms with van der Waals surface area (Å²) in [5, 5.41) is 6.29. The molecule has 2 aromatic carbocycles. The van der Waals surface area contributed by atoms with E-state index in [-0.39, 0.29) is 6.03 Å². The lowest BCUT2D eigenvalue weighted by atomic mass is 10.2. The summed E-state index contributed by atoms with van der Waals surface area (Å²) in [5.74, 6) is 0. The Hall–Kier alpha value is -2.24. The van der Waals surface area contributed by atoms with Gasteiger partial charge < -0.3 is 20.4 Å². The molecule has 0 radical (unpaired) electrons. The molecule has 0 aliphatic carbocycles. The number of rotatable bonds is 4. The van der Waals surface area contributed by atoms with Crippen LogP contribution >= 0.6 is 11.6 Å². The average Bonchev–Trinajstić information content (AvgIpc) is 2.63. The molecular formula is C19H23ClN4O. The van der Waals surface area contributed by atoms with Gasteiger partial charge in [-0.25, -0.2) is 4.79 Å². The van der Waals surface area contributed by atoms with E-state index in [1.54, 1.807) is 24.3 Å². The molecule has 3 rings (SSSR count). The molecule has 25 heavy (non-hydrogen) atoms. The summed E-state index contributed by atoms with van der Waals surface area (Å²) in [6, 6.07) is 15.2. The highest BCUT2D eigenvalue weighted by atomic mass is 35.5. The number of benzene rings is 2. The molecule has 0 spiro atoms. The van der Waals surface area contributed by atoms with Crippen molar-refractivity contribution in [3.63, 3.8) is 0 Å². The molecule has 1 aliphatic rings. The van der Waals surface area contributed by atoms with Crippen molar-refractivity contribution in [1.29, 1.82) is 0 Å². The maximum absolute atomic E-state index is 11.9. The van der Waals surface area contributed by atoms with Gasteiger partial charge in [0.1, 0.15) is 0 Å². The smallest absolute Gasteiger partial charge is 0.319 e. The highest BCUT2D eigenvalue weighted by molar-refractivity contribution is 6.30. The molecule has 2 amide bonds. The molecule has 0 aromatic heterocycles. The number of halogens is 1. The number of hydrogen-bond donors (Lipinski definition) is 2. The van der Waals surface area contributed by atoms with E-state index in [0.29, 0.717) is 17.3 Å². The summed E-state index contributed by atoms with van der Waals surface area (Å²) >= 11 is 5.83. The van der Waals surface area contributed by atoms with Crippen LogP contribution in [0, 0.1) is 0 Å². The highest BCUT2D eigenvalue weighted by Crippen LogP contribution is 2.17. The molecule has 1 saturated heterocycles. The molecule has 0 bridgehead atoms. The first-order valence-electron chi connectivity index (χ1n) is 8.43. The monoisotopic (exact) mass is 358 g/mol. The molecule has 2 N–H and O–H groups in total. The summed E-state index contributed by atoms with van der Waals surface area (Å²) < 4.78 is 0. The van der Waals surface area contributed by atoms with Crippen LogP contribution < -0.4 is 15.5 Å². The number of nitrogens with zero attached hydrogens (tertiary/aromatic N) is 2. The van der Waals surface area contributed by atoms with Gasteiger partial charge in [-0.1, -0.05) is 23.7 Å². The third-order valence-electron chi connectivity index (χ3n) is 4.36. The van der Waals surface area contributed by atoms with E-state index in [1.165, 1.54) is 5.69 Å². The minimum absolute atomic E-state index is 0.231. The van der Waals surface area contributed by atoms with Crippen LogP contribution in [0.5, 0.6) is 0 Å². The van der Waals surface area contributed by atoms with Gasteiger partial charge in [0.05, 0.1) is 0 Å². The lowest BCUT2D eigenvalue weighted by Gasteiger charge is -2.34. The van der Waals surface area contributed by atoms with Crippen molar-refractivity contribution in [3.8, 4) is 0 Å². The summed E-state index contributed by atoms with van der Waals surface area (Å²) in [5.41, 5.74) is 3.03. The number of carbonyl (C=O) groups excluding carboxylic acids is 1. The number of carbonyl (C=O) groups is 1. The molecule has 5 nitrogen and oxygen atoms in total. The fourth-order valence-electron chi connectivity index (χ4n) is 2.78. The van der Waals surface area contributed by atoms with E-state index in [2.05, 4.69) is 51.7 Å². The zero-order valence-electron chi connectivity index (χ0n) is 14.3. The zero-order valence-corrected chi connectivity index (χ0v) is 15.1. The first-order chi connectivity index (χ1) is 12.1. The Morgan fingerprint density at radius 3 is 2.28 bits per heavy atom. The van der Waals surface area contributed by atoms with E-state index in [4.69, 9.17) is 11.6 Å². The molecule has 1 heterocycles. The van der Waals surface area contributed by atoms with Crippen molar-refractivity contribution < 1.29 is 4.79 Å². The Morgan fingerprint density at radius 2 is 1.64 bits per heavy atom. The first-order valence-corrected chi connectivity index (χ1v) is 8.81. The molecule has 1 aliphatic heterocycles. The third kappa shape index (κ3) is 5.11. The molecule has 132 valence electrons.